The molecule has 46 heavy (non-hydrogen) atoms. The summed E-state index contributed by atoms with van der Waals surface area (Å²) < 4.78 is 55.9. The van der Waals surface area contributed by atoms with E-state index in [0.29, 0.717) is 80.2 Å². The monoisotopic (exact) mass is 642 g/mol. The fraction of sp³-hybridized carbons (Fsp3) is 0.324. The molecule has 242 valence electrons. The molecule has 1 aliphatic rings. The first-order chi connectivity index (χ1) is 22.4. The lowest BCUT2D eigenvalue weighted by Gasteiger charge is -2.40. The van der Waals surface area contributed by atoms with Gasteiger partial charge < -0.3 is 23.8 Å². The maximum absolute atomic E-state index is 13.8. The van der Waals surface area contributed by atoms with Crippen LogP contribution in [0.5, 0.6) is 23.0 Å². The Morgan fingerprint density at radius 1 is 0.717 bits per heavy atom. The van der Waals surface area contributed by atoms with Gasteiger partial charge >= 0.3 is 0 Å². The number of fused-ring (bicyclic) bond motifs is 1. The van der Waals surface area contributed by atoms with Crippen LogP contribution in [0.25, 0.3) is 0 Å². The van der Waals surface area contributed by atoms with Crippen molar-refractivity contribution in [2.75, 3.05) is 33.0 Å². The molecule has 1 heterocycles. The van der Waals surface area contributed by atoms with Gasteiger partial charge in [0.05, 0.1) is 37.4 Å². The van der Waals surface area contributed by atoms with Crippen LogP contribution in [0.4, 0.5) is 0 Å². The molecule has 0 amide bonds. The Morgan fingerprint density at radius 3 is 1.91 bits per heavy atom. The predicted octanol–water partition coefficient (Wildman–Crippen LogP) is 7.26. The normalized spacial score (nSPS) is 14.8. The van der Waals surface area contributed by atoms with Crippen LogP contribution in [0.2, 0.25) is 0 Å². The first-order valence-electron chi connectivity index (χ1n) is 15.9. The second kappa shape index (κ2) is 15.2. The van der Waals surface area contributed by atoms with E-state index in [0.717, 1.165) is 16.7 Å². The van der Waals surface area contributed by atoms with Crippen molar-refractivity contribution in [3.05, 3.63) is 113 Å². The van der Waals surface area contributed by atoms with Gasteiger partial charge in [-0.25, -0.2) is 0 Å². The average Bonchev–Trinajstić information content (AvgIpc) is 3.07. The summed E-state index contributed by atoms with van der Waals surface area (Å²) >= 11 is 0. The molecule has 8 nitrogen and oxygen atoms in total. The molecule has 5 rings (SSSR count). The highest BCUT2D eigenvalue weighted by atomic mass is 32.2. The maximum atomic E-state index is 13.8. The van der Waals surface area contributed by atoms with Crippen molar-refractivity contribution in [1.82, 2.24) is 4.90 Å². The second-order valence-corrected chi connectivity index (χ2v) is 12.3. The minimum Gasteiger partial charge on any atom is -0.490 e. The summed E-state index contributed by atoms with van der Waals surface area (Å²) in [6.07, 6.45) is 1.22. The third-order valence-corrected chi connectivity index (χ3v) is 9.03. The van der Waals surface area contributed by atoms with Gasteiger partial charge in [0.25, 0.3) is 10.0 Å². The fourth-order valence-corrected chi connectivity index (χ4v) is 6.83. The highest BCUT2D eigenvalue weighted by Crippen LogP contribution is 2.41. The van der Waals surface area contributed by atoms with Crippen molar-refractivity contribution < 1.29 is 27.4 Å². The summed E-state index contributed by atoms with van der Waals surface area (Å²) in [7, 11) is -4.02. The molecule has 0 bridgehead atoms. The van der Waals surface area contributed by atoms with Crippen LogP contribution in [0.1, 0.15) is 56.0 Å². The zero-order chi connectivity index (χ0) is 32.5. The molecule has 0 aromatic heterocycles. The largest absolute Gasteiger partial charge is 0.490 e. The molecule has 0 saturated carbocycles. The van der Waals surface area contributed by atoms with Gasteiger partial charge in [-0.05, 0) is 93.6 Å². The van der Waals surface area contributed by atoms with Gasteiger partial charge in [0.15, 0.2) is 23.0 Å². The van der Waals surface area contributed by atoms with Crippen LogP contribution in [0, 0.1) is 0 Å². The molecule has 1 unspecified atom stereocenters. The van der Waals surface area contributed by atoms with Gasteiger partial charge in [-0.3, -0.25) is 0 Å². The lowest BCUT2D eigenvalue weighted by atomic mass is 9.87. The molecular formula is C37H42N2O6S. The number of hydrogen-bond donors (Lipinski definition) is 0. The number of ether oxygens (including phenoxy) is 4. The first-order valence-corrected chi connectivity index (χ1v) is 17.3. The number of hydrogen-bond acceptors (Lipinski definition) is 6. The number of sulfonamides is 1. The SMILES string of the molecule is CCOc1ccc(CC2c3cc(OCC)c(OCC)cc3CCN2C(=NS(=O)(=O)c2ccccc2)c2ccccc2)cc1OCC. The van der Waals surface area contributed by atoms with Gasteiger partial charge in [0.2, 0.25) is 0 Å². The first kappa shape index (κ1) is 32.9. The molecule has 0 fully saturated rings. The molecule has 0 N–H and O–H groups in total. The van der Waals surface area contributed by atoms with Crippen LogP contribution in [0.3, 0.4) is 0 Å². The van der Waals surface area contributed by atoms with Crippen LogP contribution in [-0.4, -0.2) is 52.1 Å². The molecule has 9 heteroatoms. The molecule has 0 saturated heterocycles. The van der Waals surface area contributed by atoms with Crippen LogP contribution in [0.15, 0.2) is 100 Å². The standard InChI is InChI=1S/C37H42N2O6S/c1-5-42-33-20-19-27(24-34(33)43-6-2)23-32-31-26-36(45-8-4)35(44-7-3)25-29(31)21-22-39(32)37(28-15-11-9-12-16-28)38-46(40,41)30-17-13-10-14-18-30/h9-20,24-26,32H,5-8,21-23H2,1-4H3. The van der Waals surface area contributed by atoms with Crippen LogP contribution >= 0.6 is 0 Å². The van der Waals surface area contributed by atoms with Crippen molar-refractivity contribution in [1.29, 1.82) is 0 Å². The number of amidine groups is 1. The minimum atomic E-state index is -4.02. The quantitative estimate of drug-likeness (QED) is 0.112. The van der Waals surface area contributed by atoms with E-state index in [4.69, 9.17) is 18.9 Å². The molecule has 1 atom stereocenters. The fourth-order valence-electron chi connectivity index (χ4n) is 5.78. The van der Waals surface area contributed by atoms with Crippen molar-refractivity contribution in [2.24, 2.45) is 4.40 Å². The second-order valence-electron chi connectivity index (χ2n) is 10.7. The number of rotatable bonds is 13. The molecule has 0 radical (unpaired) electrons. The van der Waals surface area contributed by atoms with Gasteiger partial charge in [0, 0.05) is 12.1 Å². The molecular weight excluding hydrogens is 600 g/mol. The Balaban J connectivity index is 1.69. The number of nitrogens with zero attached hydrogens (tertiary/aromatic N) is 2. The summed E-state index contributed by atoms with van der Waals surface area (Å²) in [6.45, 7) is 10.4. The third-order valence-electron chi connectivity index (χ3n) is 7.75. The number of benzene rings is 4. The summed E-state index contributed by atoms with van der Waals surface area (Å²) in [5.74, 6) is 3.12. The Hall–Kier alpha value is -4.50. The predicted molar refractivity (Wildman–Crippen MR) is 181 cm³/mol. The van der Waals surface area contributed by atoms with Gasteiger partial charge in [-0.1, -0.05) is 54.6 Å². The van der Waals surface area contributed by atoms with E-state index in [1.807, 2.05) is 82.3 Å². The Labute approximate surface area is 272 Å². The van der Waals surface area contributed by atoms with Crippen molar-refractivity contribution in [3.63, 3.8) is 0 Å². The lowest BCUT2D eigenvalue weighted by Crippen LogP contribution is -2.42. The van der Waals surface area contributed by atoms with Crippen LogP contribution in [-0.2, 0) is 22.9 Å². The van der Waals surface area contributed by atoms with Gasteiger partial charge in [-0.2, -0.15) is 8.42 Å². The smallest absolute Gasteiger partial charge is 0.284 e. The van der Waals surface area contributed by atoms with Gasteiger partial charge in [0.1, 0.15) is 5.84 Å². The van der Waals surface area contributed by atoms with Crippen molar-refractivity contribution in [2.45, 2.75) is 51.5 Å². The minimum absolute atomic E-state index is 0.144. The highest BCUT2D eigenvalue weighted by Gasteiger charge is 2.33. The zero-order valence-electron chi connectivity index (χ0n) is 26.9. The Morgan fingerprint density at radius 2 is 1.28 bits per heavy atom. The van der Waals surface area contributed by atoms with E-state index in [1.54, 1.807) is 30.3 Å². The van der Waals surface area contributed by atoms with Crippen molar-refractivity contribution >= 4 is 15.9 Å². The third kappa shape index (κ3) is 7.48. The Bertz CT molecular complexity index is 1740. The van der Waals surface area contributed by atoms with E-state index in [-0.39, 0.29) is 10.9 Å². The average molecular weight is 643 g/mol. The lowest BCUT2D eigenvalue weighted by molar-refractivity contribution is 0.275. The zero-order valence-corrected chi connectivity index (χ0v) is 27.8. The maximum Gasteiger partial charge on any atom is 0.284 e. The molecule has 0 aliphatic carbocycles. The molecule has 0 spiro atoms. The van der Waals surface area contributed by atoms with E-state index in [1.165, 1.54) is 0 Å². The Kier molecular flexibility index (Phi) is 10.9. The molecule has 4 aromatic carbocycles. The topological polar surface area (TPSA) is 86.7 Å². The van der Waals surface area contributed by atoms with Gasteiger partial charge in [-0.15, -0.1) is 4.40 Å². The van der Waals surface area contributed by atoms with Crippen molar-refractivity contribution in [3.8, 4) is 23.0 Å². The molecule has 1 aliphatic heterocycles. The van der Waals surface area contributed by atoms with E-state index in [2.05, 4.69) is 15.4 Å². The van der Waals surface area contributed by atoms with Crippen LogP contribution < -0.4 is 18.9 Å². The molecule has 4 aromatic rings. The summed E-state index contributed by atoms with van der Waals surface area (Å²) in [5, 5.41) is 0. The highest BCUT2D eigenvalue weighted by molar-refractivity contribution is 7.90. The summed E-state index contributed by atoms with van der Waals surface area (Å²) in [6, 6.07) is 27.7. The van der Waals surface area contributed by atoms with E-state index >= 15 is 0 Å². The summed E-state index contributed by atoms with van der Waals surface area (Å²) in [5.41, 5.74) is 3.89. The summed E-state index contributed by atoms with van der Waals surface area (Å²) in [4.78, 5) is 2.26. The van der Waals surface area contributed by atoms with E-state index in [9.17, 15) is 8.42 Å². The van der Waals surface area contributed by atoms with E-state index < -0.39 is 10.0 Å².